The smallest absolute Gasteiger partial charge is 0.343 e. The highest BCUT2D eigenvalue weighted by Gasteiger charge is 2.12. The molecule has 0 fully saturated rings. The molecule has 0 amide bonds. The van der Waals surface area contributed by atoms with Crippen LogP contribution in [0.3, 0.4) is 0 Å². The Morgan fingerprint density at radius 2 is 2.12 bits per heavy atom. The molecule has 94 valence electrons. The average Bonchev–Trinajstić information content (AvgIpc) is 2.36. The third-order valence-corrected chi connectivity index (χ3v) is 2.09. The van der Waals surface area contributed by atoms with Gasteiger partial charge in [0.2, 0.25) is 0 Å². The van der Waals surface area contributed by atoms with E-state index in [0.29, 0.717) is 23.7 Å². The summed E-state index contributed by atoms with van der Waals surface area (Å²) >= 11 is 0. The van der Waals surface area contributed by atoms with Gasteiger partial charge in [-0.15, -0.1) is 0 Å². The molecule has 5 nitrogen and oxygen atoms in total. The molecule has 0 atom stereocenters. The van der Waals surface area contributed by atoms with Gasteiger partial charge in [0.1, 0.15) is 0 Å². The van der Waals surface area contributed by atoms with Crippen molar-refractivity contribution in [2.45, 2.75) is 13.5 Å². The lowest BCUT2D eigenvalue weighted by atomic mass is 10.2. The Morgan fingerprint density at radius 1 is 1.35 bits per heavy atom. The fourth-order valence-corrected chi connectivity index (χ4v) is 1.31. The maximum atomic E-state index is 11.0. The fourth-order valence-electron chi connectivity index (χ4n) is 1.31. The number of carbonyl (C=O) groups is 1. The Morgan fingerprint density at radius 3 is 2.71 bits per heavy atom. The third kappa shape index (κ3) is 3.64. The second kappa shape index (κ2) is 6.75. The quantitative estimate of drug-likeness (QED) is 0.755. The highest BCUT2D eigenvalue weighted by Crippen LogP contribution is 2.31. The summed E-state index contributed by atoms with van der Waals surface area (Å²) in [5.41, 5.74) is 0.569. The van der Waals surface area contributed by atoms with Crippen molar-refractivity contribution in [3.05, 3.63) is 23.8 Å². The molecule has 0 radical (unpaired) electrons. The van der Waals surface area contributed by atoms with Crippen LogP contribution < -0.4 is 9.47 Å². The van der Waals surface area contributed by atoms with Crippen LogP contribution in [0, 0.1) is 0 Å². The first-order valence-corrected chi connectivity index (χ1v) is 5.28. The Kier molecular flexibility index (Phi) is 5.29. The number of carbonyl (C=O) groups excluding carboxylic acids is 1. The average molecular weight is 240 g/mol. The lowest BCUT2D eigenvalue weighted by Crippen LogP contribution is -2.14. The molecule has 0 bridgehead atoms. The third-order valence-electron chi connectivity index (χ3n) is 2.09. The van der Waals surface area contributed by atoms with Gasteiger partial charge in [-0.1, -0.05) is 12.1 Å². The van der Waals surface area contributed by atoms with Gasteiger partial charge in [-0.25, -0.2) is 4.79 Å². The van der Waals surface area contributed by atoms with Crippen LogP contribution in [0.4, 0.5) is 0 Å². The van der Waals surface area contributed by atoms with Crippen molar-refractivity contribution in [2.24, 2.45) is 0 Å². The van der Waals surface area contributed by atoms with Crippen molar-refractivity contribution in [1.82, 2.24) is 0 Å². The highest BCUT2D eigenvalue weighted by molar-refractivity contribution is 5.71. The summed E-state index contributed by atoms with van der Waals surface area (Å²) in [4.78, 5) is 11.0. The summed E-state index contributed by atoms with van der Waals surface area (Å²) in [6.45, 7) is 1.92. The molecule has 1 rings (SSSR count). The van der Waals surface area contributed by atoms with E-state index in [0.717, 1.165) is 0 Å². The molecule has 0 aliphatic rings. The second-order valence-corrected chi connectivity index (χ2v) is 3.20. The molecular formula is C12H16O5. The number of ether oxygens (including phenoxy) is 3. The maximum absolute atomic E-state index is 11.0. The summed E-state index contributed by atoms with van der Waals surface area (Å²) in [6.07, 6.45) is 0. The van der Waals surface area contributed by atoms with Gasteiger partial charge in [-0.3, -0.25) is 0 Å². The number of methoxy groups -OCH3 is 1. The van der Waals surface area contributed by atoms with Crippen molar-refractivity contribution < 1.29 is 24.1 Å². The molecule has 0 aromatic heterocycles. The lowest BCUT2D eigenvalue weighted by Gasteiger charge is -2.14. The first-order valence-electron chi connectivity index (χ1n) is 5.28. The number of para-hydroxylation sites is 1. The molecule has 5 heteroatoms. The van der Waals surface area contributed by atoms with Gasteiger partial charge in [0.15, 0.2) is 18.1 Å². The normalized spacial score (nSPS) is 9.82. The first kappa shape index (κ1) is 13.3. The predicted molar refractivity (Wildman–Crippen MR) is 61.0 cm³/mol. The van der Waals surface area contributed by atoms with E-state index in [1.54, 1.807) is 18.2 Å². The van der Waals surface area contributed by atoms with Crippen LogP contribution in [0.1, 0.15) is 12.5 Å². The summed E-state index contributed by atoms with van der Waals surface area (Å²) in [5.74, 6) is 0.394. The van der Waals surface area contributed by atoms with Gasteiger partial charge in [0.25, 0.3) is 0 Å². The summed E-state index contributed by atoms with van der Waals surface area (Å²) in [5, 5.41) is 9.18. The molecule has 0 unspecified atom stereocenters. The van der Waals surface area contributed by atoms with Crippen LogP contribution in [0.5, 0.6) is 11.5 Å². The minimum absolute atomic E-state index is 0.183. The van der Waals surface area contributed by atoms with Crippen LogP contribution in [0.2, 0.25) is 0 Å². The molecular weight excluding hydrogens is 224 g/mol. The van der Waals surface area contributed by atoms with Crippen LogP contribution in [0.25, 0.3) is 0 Å². The summed E-state index contributed by atoms with van der Waals surface area (Å²) in [7, 11) is 1.28. The van der Waals surface area contributed by atoms with E-state index in [4.69, 9.17) is 9.47 Å². The number of esters is 1. The zero-order valence-electron chi connectivity index (χ0n) is 9.93. The number of aliphatic hydroxyl groups excluding tert-OH is 1. The van der Waals surface area contributed by atoms with E-state index < -0.39 is 5.97 Å². The van der Waals surface area contributed by atoms with E-state index >= 15 is 0 Å². The zero-order chi connectivity index (χ0) is 12.7. The van der Waals surface area contributed by atoms with Crippen molar-refractivity contribution in [2.75, 3.05) is 20.3 Å². The van der Waals surface area contributed by atoms with Crippen LogP contribution in [0.15, 0.2) is 18.2 Å². The van der Waals surface area contributed by atoms with Crippen LogP contribution in [-0.2, 0) is 16.1 Å². The Bertz CT molecular complexity index is 375. The van der Waals surface area contributed by atoms with Crippen LogP contribution in [-0.4, -0.2) is 31.4 Å². The Hall–Kier alpha value is -1.75. The lowest BCUT2D eigenvalue weighted by molar-refractivity contribution is -0.142. The standard InChI is InChI=1S/C12H16O5/c1-3-16-10-6-4-5-9(7-13)12(10)17-8-11(14)15-2/h4-6,13H,3,7-8H2,1-2H3. The van der Waals surface area contributed by atoms with Gasteiger partial charge in [-0.05, 0) is 13.0 Å². The molecule has 0 heterocycles. The first-order chi connectivity index (χ1) is 8.22. The van der Waals surface area contributed by atoms with Gasteiger partial charge in [-0.2, -0.15) is 0 Å². The van der Waals surface area contributed by atoms with Crippen LogP contribution >= 0.6 is 0 Å². The number of hydrogen-bond acceptors (Lipinski definition) is 5. The monoisotopic (exact) mass is 240 g/mol. The summed E-state index contributed by atoms with van der Waals surface area (Å²) < 4.78 is 15.1. The van der Waals surface area contributed by atoms with E-state index in [-0.39, 0.29) is 13.2 Å². The van der Waals surface area contributed by atoms with Crippen molar-refractivity contribution >= 4 is 5.97 Å². The van der Waals surface area contributed by atoms with E-state index in [9.17, 15) is 9.90 Å². The van der Waals surface area contributed by atoms with E-state index in [2.05, 4.69) is 4.74 Å². The predicted octanol–water partition coefficient (Wildman–Crippen LogP) is 1.13. The number of aliphatic hydroxyl groups is 1. The highest BCUT2D eigenvalue weighted by atomic mass is 16.6. The van der Waals surface area contributed by atoms with Gasteiger partial charge in [0.05, 0.1) is 20.3 Å². The van der Waals surface area contributed by atoms with Crippen molar-refractivity contribution in [1.29, 1.82) is 0 Å². The van der Waals surface area contributed by atoms with Gasteiger partial charge >= 0.3 is 5.97 Å². The van der Waals surface area contributed by atoms with Gasteiger partial charge < -0.3 is 19.3 Å². The minimum Gasteiger partial charge on any atom is -0.490 e. The molecule has 1 aromatic rings. The second-order valence-electron chi connectivity index (χ2n) is 3.20. The topological polar surface area (TPSA) is 65.0 Å². The number of hydrogen-bond donors (Lipinski definition) is 1. The molecule has 1 N–H and O–H groups in total. The number of benzene rings is 1. The molecule has 0 spiro atoms. The molecule has 0 aliphatic heterocycles. The number of rotatable bonds is 6. The molecule has 0 aliphatic carbocycles. The SMILES string of the molecule is CCOc1cccc(CO)c1OCC(=O)OC. The van der Waals surface area contributed by atoms with Crippen molar-refractivity contribution in [3.63, 3.8) is 0 Å². The fraction of sp³-hybridized carbons (Fsp3) is 0.417. The molecule has 1 aromatic carbocycles. The summed E-state index contributed by atoms with van der Waals surface area (Å²) in [6, 6.07) is 5.17. The Balaban J connectivity index is 2.88. The largest absolute Gasteiger partial charge is 0.490 e. The maximum Gasteiger partial charge on any atom is 0.343 e. The molecule has 0 saturated carbocycles. The minimum atomic E-state index is -0.486. The van der Waals surface area contributed by atoms with E-state index in [1.807, 2.05) is 6.92 Å². The van der Waals surface area contributed by atoms with Crippen molar-refractivity contribution in [3.8, 4) is 11.5 Å². The molecule has 17 heavy (non-hydrogen) atoms. The van der Waals surface area contributed by atoms with Gasteiger partial charge in [0, 0.05) is 5.56 Å². The van der Waals surface area contributed by atoms with E-state index in [1.165, 1.54) is 7.11 Å². The Labute approximate surface area is 99.9 Å². The molecule has 0 saturated heterocycles. The zero-order valence-corrected chi connectivity index (χ0v) is 9.93.